The molecular weight excluding hydrogens is 190 g/mol. The zero-order valence-corrected chi connectivity index (χ0v) is 9.43. The quantitative estimate of drug-likeness (QED) is 0.710. The average molecular weight is 207 g/mol. The van der Waals surface area contributed by atoms with E-state index in [-0.39, 0.29) is 6.23 Å². The van der Waals surface area contributed by atoms with Gasteiger partial charge in [0.1, 0.15) is 5.75 Å². The van der Waals surface area contributed by atoms with Gasteiger partial charge in [0.2, 0.25) is 0 Å². The molecule has 0 aromatic heterocycles. The normalized spacial score (nSPS) is 26.1. The standard InChI is InChI=1S/C12H17NO2/c1-4-9(2)13-12(15-13)10-6-5-7-11(8-10)14-3/h5-9,12H,4H2,1-3H3. The first-order valence-corrected chi connectivity index (χ1v) is 5.35. The van der Waals surface area contributed by atoms with E-state index in [1.807, 2.05) is 23.3 Å². The Morgan fingerprint density at radius 2 is 2.33 bits per heavy atom. The first-order valence-electron chi connectivity index (χ1n) is 5.35. The van der Waals surface area contributed by atoms with Crippen LogP contribution < -0.4 is 4.74 Å². The number of rotatable bonds is 4. The van der Waals surface area contributed by atoms with Crippen LogP contribution in [0.2, 0.25) is 0 Å². The SMILES string of the molecule is CCC(C)N1OC1c1cccc(OC)c1. The lowest BCUT2D eigenvalue weighted by atomic mass is 10.2. The summed E-state index contributed by atoms with van der Waals surface area (Å²) in [5.41, 5.74) is 1.16. The van der Waals surface area contributed by atoms with Crippen LogP contribution in [0.5, 0.6) is 5.75 Å². The second-order valence-corrected chi connectivity index (χ2v) is 3.85. The number of hydrogen-bond acceptors (Lipinski definition) is 3. The number of hydrogen-bond donors (Lipinski definition) is 0. The van der Waals surface area contributed by atoms with Crippen LogP contribution in [-0.4, -0.2) is 18.2 Å². The predicted octanol–water partition coefficient (Wildman–Crippen LogP) is 2.74. The Balaban J connectivity index is 2.06. The molecule has 0 bridgehead atoms. The summed E-state index contributed by atoms with van der Waals surface area (Å²) in [4.78, 5) is 5.53. The molecule has 2 rings (SSSR count). The lowest BCUT2D eigenvalue weighted by molar-refractivity contribution is 0.152. The number of benzene rings is 1. The van der Waals surface area contributed by atoms with Crippen molar-refractivity contribution in [3.63, 3.8) is 0 Å². The van der Waals surface area contributed by atoms with Crippen LogP contribution in [0.3, 0.4) is 0 Å². The Bertz CT molecular complexity index is 340. The van der Waals surface area contributed by atoms with Gasteiger partial charge >= 0.3 is 0 Å². The molecule has 0 spiro atoms. The molecule has 3 atom stereocenters. The van der Waals surface area contributed by atoms with Crippen molar-refractivity contribution in [2.24, 2.45) is 0 Å². The highest BCUT2D eigenvalue weighted by Gasteiger charge is 2.40. The molecule has 82 valence electrons. The number of methoxy groups -OCH3 is 1. The van der Waals surface area contributed by atoms with Crippen LogP contribution in [0.15, 0.2) is 24.3 Å². The molecule has 1 aliphatic heterocycles. The lowest BCUT2D eigenvalue weighted by Gasteiger charge is -2.06. The molecule has 3 nitrogen and oxygen atoms in total. The molecule has 3 heteroatoms. The molecule has 3 unspecified atom stereocenters. The molecule has 1 aliphatic rings. The molecule has 0 radical (unpaired) electrons. The van der Waals surface area contributed by atoms with E-state index in [2.05, 4.69) is 19.9 Å². The third-order valence-electron chi connectivity index (χ3n) is 2.81. The summed E-state index contributed by atoms with van der Waals surface area (Å²) >= 11 is 0. The van der Waals surface area contributed by atoms with Crippen LogP contribution in [-0.2, 0) is 4.84 Å². The first kappa shape index (κ1) is 10.5. The molecule has 0 saturated carbocycles. The van der Waals surface area contributed by atoms with Crippen LogP contribution in [0.25, 0.3) is 0 Å². The van der Waals surface area contributed by atoms with Gasteiger partial charge in [-0.15, -0.1) is 5.06 Å². The average Bonchev–Trinajstić information content (AvgIpc) is 3.08. The van der Waals surface area contributed by atoms with Gasteiger partial charge in [-0.3, -0.25) is 4.84 Å². The number of ether oxygens (including phenoxy) is 1. The van der Waals surface area contributed by atoms with Crippen LogP contribution >= 0.6 is 0 Å². The van der Waals surface area contributed by atoms with E-state index in [4.69, 9.17) is 9.57 Å². The van der Waals surface area contributed by atoms with Crippen molar-refractivity contribution in [3.05, 3.63) is 29.8 Å². The minimum absolute atomic E-state index is 0.120. The zero-order valence-electron chi connectivity index (χ0n) is 9.43. The van der Waals surface area contributed by atoms with E-state index < -0.39 is 0 Å². The lowest BCUT2D eigenvalue weighted by Crippen LogP contribution is -2.12. The van der Waals surface area contributed by atoms with E-state index in [1.165, 1.54) is 0 Å². The molecule has 1 heterocycles. The van der Waals surface area contributed by atoms with Gasteiger partial charge in [-0.25, -0.2) is 0 Å². The summed E-state index contributed by atoms with van der Waals surface area (Å²) in [7, 11) is 1.68. The number of nitrogens with zero attached hydrogens (tertiary/aromatic N) is 1. The van der Waals surface area contributed by atoms with Gasteiger partial charge in [0, 0.05) is 11.6 Å². The molecule has 1 saturated heterocycles. The maximum atomic E-state index is 5.53. The van der Waals surface area contributed by atoms with Crippen molar-refractivity contribution in [2.45, 2.75) is 32.5 Å². The van der Waals surface area contributed by atoms with Crippen molar-refractivity contribution in [2.75, 3.05) is 7.11 Å². The molecule has 15 heavy (non-hydrogen) atoms. The highest BCUT2D eigenvalue weighted by atomic mass is 16.8. The minimum atomic E-state index is 0.120. The summed E-state index contributed by atoms with van der Waals surface area (Å²) in [6, 6.07) is 8.49. The highest BCUT2D eigenvalue weighted by molar-refractivity contribution is 5.30. The van der Waals surface area contributed by atoms with E-state index in [9.17, 15) is 0 Å². The van der Waals surface area contributed by atoms with Crippen molar-refractivity contribution in [1.29, 1.82) is 0 Å². The third-order valence-corrected chi connectivity index (χ3v) is 2.81. The largest absolute Gasteiger partial charge is 0.497 e. The molecule has 1 aromatic carbocycles. The van der Waals surface area contributed by atoms with Crippen molar-refractivity contribution in [1.82, 2.24) is 5.06 Å². The first-order chi connectivity index (χ1) is 7.26. The van der Waals surface area contributed by atoms with Gasteiger partial charge in [-0.1, -0.05) is 19.1 Å². The fraction of sp³-hybridized carbons (Fsp3) is 0.500. The fourth-order valence-electron chi connectivity index (χ4n) is 1.61. The van der Waals surface area contributed by atoms with E-state index in [1.54, 1.807) is 7.11 Å². The van der Waals surface area contributed by atoms with Gasteiger partial charge in [0.15, 0.2) is 6.23 Å². The topological polar surface area (TPSA) is 24.8 Å². The van der Waals surface area contributed by atoms with Crippen molar-refractivity contribution >= 4 is 0 Å². The minimum Gasteiger partial charge on any atom is -0.497 e. The number of hydroxylamine groups is 2. The summed E-state index contributed by atoms with van der Waals surface area (Å²) in [5, 5.41) is 2.02. The predicted molar refractivity (Wildman–Crippen MR) is 58.4 cm³/mol. The maximum absolute atomic E-state index is 5.53. The maximum Gasteiger partial charge on any atom is 0.180 e. The van der Waals surface area contributed by atoms with Crippen molar-refractivity contribution in [3.8, 4) is 5.75 Å². The van der Waals surface area contributed by atoms with E-state index in [0.717, 1.165) is 17.7 Å². The summed E-state index contributed by atoms with van der Waals surface area (Å²) in [6.45, 7) is 4.33. The van der Waals surface area contributed by atoms with Crippen LogP contribution in [0.4, 0.5) is 0 Å². The Kier molecular flexibility index (Phi) is 2.93. The zero-order chi connectivity index (χ0) is 10.8. The van der Waals surface area contributed by atoms with Gasteiger partial charge in [0.25, 0.3) is 0 Å². The van der Waals surface area contributed by atoms with Crippen LogP contribution in [0.1, 0.15) is 32.1 Å². The van der Waals surface area contributed by atoms with E-state index >= 15 is 0 Å². The fourth-order valence-corrected chi connectivity index (χ4v) is 1.61. The second kappa shape index (κ2) is 4.21. The molecule has 1 aromatic rings. The second-order valence-electron chi connectivity index (χ2n) is 3.85. The van der Waals surface area contributed by atoms with E-state index in [0.29, 0.717) is 6.04 Å². The van der Waals surface area contributed by atoms with Crippen LogP contribution in [0, 0.1) is 0 Å². The Morgan fingerprint density at radius 1 is 1.53 bits per heavy atom. The monoisotopic (exact) mass is 207 g/mol. The Morgan fingerprint density at radius 3 is 3.00 bits per heavy atom. The Hall–Kier alpha value is -1.06. The molecule has 0 N–H and O–H groups in total. The summed E-state index contributed by atoms with van der Waals surface area (Å²) < 4.78 is 5.18. The molecular formula is C12H17NO2. The van der Waals surface area contributed by atoms with Crippen molar-refractivity contribution < 1.29 is 9.57 Å². The molecule has 1 fully saturated rings. The molecule has 0 amide bonds. The van der Waals surface area contributed by atoms with Gasteiger partial charge in [0.05, 0.1) is 7.11 Å². The van der Waals surface area contributed by atoms with Gasteiger partial charge < -0.3 is 4.74 Å². The van der Waals surface area contributed by atoms with Gasteiger partial charge in [-0.05, 0) is 25.5 Å². The summed E-state index contributed by atoms with van der Waals surface area (Å²) in [6.07, 6.45) is 1.22. The molecule has 0 aliphatic carbocycles. The Labute approximate surface area is 90.6 Å². The third kappa shape index (κ3) is 2.13. The summed E-state index contributed by atoms with van der Waals surface area (Å²) in [5.74, 6) is 0.882. The smallest absolute Gasteiger partial charge is 0.180 e. The van der Waals surface area contributed by atoms with Gasteiger partial charge in [-0.2, -0.15) is 0 Å². The highest BCUT2D eigenvalue weighted by Crippen LogP contribution is 2.40.